The van der Waals surface area contributed by atoms with Crippen molar-refractivity contribution in [3.8, 4) is 11.5 Å². The lowest BCUT2D eigenvalue weighted by Gasteiger charge is -2.27. The van der Waals surface area contributed by atoms with E-state index >= 15 is 0 Å². The maximum Gasteiger partial charge on any atom is 0.208 e. The zero-order valence-electron chi connectivity index (χ0n) is 13.0. The van der Waals surface area contributed by atoms with Gasteiger partial charge in [-0.2, -0.15) is 5.10 Å². The van der Waals surface area contributed by atoms with Crippen LogP contribution >= 0.6 is 0 Å². The van der Waals surface area contributed by atoms with Gasteiger partial charge in [0, 0.05) is 11.4 Å². The lowest BCUT2D eigenvalue weighted by Crippen LogP contribution is -2.40. The van der Waals surface area contributed by atoms with Gasteiger partial charge in [0.1, 0.15) is 18.2 Å². The third-order valence-corrected chi connectivity index (χ3v) is 4.16. The second kappa shape index (κ2) is 5.99. The van der Waals surface area contributed by atoms with Crippen LogP contribution in [0.25, 0.3) is 10.9 Å². The second-order valence-corrected chi connectivity index (χ2v) is 7.64. The van der Waals surface area contributed by atoms with Gasteiger partial charge in [0.25, 0.3) is 0 Å². The predicted molar refractivity (Wildman–Crippen MR) is 86.1 cm³/mol. The highest BCUT2D eigenvalue weighted by atomic mass is 32.2. The average molecular weight is 340 g/mol. The molecule has 3 rings (SSSR count). The van der Waals surface area contributed by atoms with Gasteiger partial charge >= 0.3 is 0 Å². The Morgan fingerprint density at radius 2 is 2.30 bits per heavy atom. The molecule has 0 radical (unpaired) electrons. The van der Waals surface area contributed by atoms with Crippen LogP contribution in [0.1, 0.15) is 6.92 Å². The molecule has 2 atom stereocenters. The largest absolute Gasteiger partial charge is 0.486 e. The minimum Gasteiger partial charge on any atom is -0.486 e. The summed E-state index contributed by atoms with van der Waals surface area (Å²) >= 11 is 0. The number of nitrogens with two attached hydrogens (primary N) is 1. The first-order chi connectivity index (χ1) is 10.8. The van der Waals surface area contributed by atoms with E-state index in [0.29, 0.717) is 18.0 Å². The molecule has 1 aromatic heterocycles. The number of ether oxygens (including phenoxy) is 2. The Hall–Kier alpha value is -1.84. The SMILES string of the molecule is C[C@H](N)Cn1ncc2ccc3c(c21)OC(CNS(C)(=O)=O)CO3. The molecule has 0 fully saturated rings. The van der Waals surface area contributed by atoms with Gasteiger partial charge < -0.3 is 15.2 Å². The van der Waals surface area contributed by atoms with Crippen molar-refractivity contribution in [2.75, 3.05) is 19.4 Å². The Morgan fingerprint density at radius 1 is 1.52 bits per heavy atom. The molecule has 23 heavy (non-hydrogen) atoms. The Kier molecular flexibility index (Phi) is 4.17. The Labute approximate surface area is 134 Å². The van der Waals surface area contributed by atoms with Crippen LogP contribution in [0.4, 0.5) is 0 Å². The number of benzene rings is 1. The smallest absolute Gasteiger partial charge is 0.208 e. The van der Waals surface area contributed by atoms with Crippen LogP contribution in [0.15, 0.2) is 18.3 Å². The fourth-order valence-corrected chi connectivity index (χ4v) is 2.98. The fraction of sp³-hybridized carbons (Fsp3) is 0.500. The van der Waals surface area contributed by atoms with Gasteiger partial charge in [0.2, 0.25) is 10.0 Å². The zero-order valence-corrected chi connectivity index (χ0v) is 13.8. The number of nitrogens with one attached hydrogen (secondary N) is 1. The maximum atomic E-state index is 11.2. The quantitative estimate of drug-likeness (QED) is 0.797. The lowest BCUT2D eigenvalue weighted by atomic mass is 10.2. The molecule has 0 saturated carbocycles. The minimum atomic E-state index is -3.28. The first kappa shape index (κ1) is 16.0. The van der Waals surface area contributed by atoms with E-state index in [-0.39, 0.29) is 19.2 Å². The number of hydrogen-bond acceptors (Lipinski definition) is 6. The molecule has 0 spiro atoms. The molecule has 1 unspecified atom stereocenters. The van der Waals surface area contributed by atoms with Gasteiger partial charge in [-0.3, -0.25) is 4.68 Å². The predicted octanol–water partition coefficient (Wildman–Crippen LogP) is 0.0725. The monoisotopic (exact) mass is 340 g/mol. The highest BCUT2D eigenvalue weighted by molar-refractivity contribution is 7.88. The molecule has 1 aliphatic heterocycles. The van der Waals surface area contributed by atoms with Crippen molar-refractivity contribution < 1.29 is 17.9 Å². The van der Waals surface area contributed by atoms with Crippen molar-refractivity contribution >= 4 is 20.9 Å². The van der Waals surface area contributed by atoms with E-state index in [4.69, 9.17) is 15.2 Å². The van der Waals surface area contributed by atoms with E-state index in [1.54, 1.807) is 10.9 Å². The summed E-state index contributed by atoms with van der Waals surface area (Å²) in [6, 6.07) is 3.69. The fourth-order valence-electron chi connectivity index (χ4n) is 2.50. The summed E-state index contributed by atoms with van der Waals surface area (Å²) in [6.45, 7) is 2.88. The molecule has 0 saturated heterocycles. The maximum absolute atomic E-state index is 11.2. The van der Waals surface area contributed by atoms with Crippen molar-refractivity contribution in [2.45, 2.75) is 25.6 Å². The third-order valence-electron chi connectivity index (χ3n) is 3.46. The molecule has 0 amide bonds. The van der Waals surface area contributed by atoms with Crippen LogP contribution in [-0.2, 0) is 16.6 Å². The van der Waals surface area contributed by atoms with Crippen molar-refractivity contribution in [1.82, 2.24) is 14.5 Å². The highest BCUT2D eigenvalue weighted by Crippen LogP contribution is 2.38. The van der Waals surface area contributed by atoms with Gasteiger partial charge in [0.15, 0.2) is 11.5 Å². The number of hydrogen-bond donors (Lipinski definition) is 2. The molecule has 2 aromatic rings. The Balaban J connectivity index is 1.91. The number of fused-ring (bicyclic) bond motifs is 3. The first-order valence-corrected chi connectivity index (χ1v) is 9.21. The Bertz CT molecular complexity index is 816. The average Bonchev–Trinajstić information content (AvgIpc) is 2.87. The van der Waals surface area contributed by atoms with Gasteiger partial charge in [0.05, 0.1) is 25.5 Å². The molecule has 0 aliphatic carbocycles. The van der Waals surface area contributed by atoms with Crippen LogP contribution in [0.5, 0.6) is 11.5 Å². The molecular weight excluding hydrogens is 320 g/mol. The van der Waals surface area contributed by atoms with Gasteiger partial charge in [-0.05, 0) is 19.1 Å². The molecular formula is C14H20N4O4S. The number of sulfonamides is 1. The molecule has 126 valence electrons. The number of nitrogens with zero attached hydrogens (tertiary/aromatic N) is 2. The summed E-state index contributed by atoms with van der Waals surface area (Å²) in [5.74, 6) is 1.20. The summed E-state index contributed by atoms with van der Waals surface area (Å²) < 4.78 is 38.4. The molecule has 1 aliphatic rings. The van der Waals surface area contributed by atoms with Crippen molar-refractivity contribution in [3.05, 3.63) is 18.3 Å². The van der Waals surface area contributed by atoms with E-state index in [9.17, 15) is 8.42 Å². The summed E-state index contributed by atoms with van der Waals surface area (Å²) in [5, 5.41) is 5.26. The summed E-state index contributed by atoms with van der Waals surface area (Å²) in [5.41, 5.74) is 6.67. The van der Waals surface area contributed by atoms with Gasteiger partial charge in [-0.25, -0.2) is 13.1 Å². The molecule has 1 aromatic carbocycles. The molecule has 9 heteroatoms. The van der Waals surface area contributed by atoms with E-state index in [1.165, 1.54) is 0 Å². The van der Waals surface area contributed by atoms with E-state index in [1.807, 2.05) is 19.1 Å². The molecule has 8 nitrogen and oxygen atoms in total. The van der Waals surface area contributed by atoms with Crippen LogP contribution in [0.3, 0.4) is 0 Å². The van der Waals surface area contributed by atoms with Gasteiger partial charge in [-0.15, -0.1) is 0 Å². The first-order valence-electron chi connectivity index (χ1n) is 7.31. The van der Waals surface area contributed by atoms with E-state index < -0.39 is 16.1 Å². The lowest BCUT2D eigenvalue weighted by molar-refractivity contribution is 0.0958. The van der Waals surface area contributed by atoms with Crippen molar-refractivity contribution in [1.29, 1.82) is 0 Å². The van der Waals surface area contributed by atoms with Crippen LogP contribution < -0.4 is 19.9 Å². The topological polar surface area (TPSA) is 108 Å². The van der Waals surface area contributed by atoms with Crippen LogP contribution in [0, 0.1) is 0 Å². The Morgan fingerprint density at radius 3 is 3.00 bits per heavy atom. The second-order valence-electron chi connectivity index (χ2n) is 5.81. The van der Waals surface area contributed by atoms with E-state index in [0.717, 1.165) is 17.2 Å². The molecule has 3 N–H and O–H groups in total. The highest BCUT2D eigenvalue weighted by Gasteiger charge is 2.25. The van der Waals surface area contributed by atoms with Crippen molar-refractivity contribution in [2.24, 2.45) is 5.73 Å². The van der Waals surface area contributed by atoms with Crippen LogP contribution in [0.2, 0.25) is 0 Å². The number of rotatable bonds is 5. The molecule has 2 heterocycles. The summed E-state index contributed by atoms with van der Waals surface area (Å²) in [4.78, 5) is 0. The van der Waals surface area contributed by atoms with Crippen molar-refractivity contribution in [3.63, 3.8) is 0 Å². The normalized spacial score (nSPS) is 19.0. The standard InChI is InChI=1S/C14H20N4O4S/c1-9(15)7-18-13-10(5-16-18)3-4-12-14(13)22-11(8-21-12)6-17-23(2,19)20/h3-5,9,11,17H,6-8,15H2,1-2H3/t9-,11?/m0/s1. The minimum absolute atomic E-state index is 0.0545. The number of aromatic nitrogens is 2. The summed E-state index contributed by atoms with van der Waals surface area (Å²) in [6.07, 6.45) is 2.46. The summed E-state index contributed by atoms with van der Waals surface area (Å²) in [7, 11) is -3.28. The van der Waals surface area contributed by atoms with Gasteiger partial charge in [-0.1, -0.05) is 0 Å². The van der Waals surface area contributed by atoms with Crippen LogP contribution in [-0.4, -0.2) is 49.8 Å². The molecule has 0 bridgehead atoms. The zero-order chi connectivity index (χ0) is 16.6. The third kappa shape index (κ3) is 3.57. The van der Waals surface area contributed by atoms with E-state index in [2.05, 4.69) is 9.82 Å².